The zero-order valence-electron chi connectivity index (χ0n) is 11.3. The Kier molecular flexibility index (Phi) is 5.09. The summed E-state index contributed by atoms with van der Waals surface area (Å²) >= 11 is 7.67. The Morgan fingerprint density at radius 3 is 2.90 bits per heavy atom. The highest BCUT2D eigenvalue weighted by molar-refractivity contribution is 7.99. The molecule has 0 aliphatic rings. The van der Waals surface area contributed by atoms with Crippen molar-refractivity contribution in [1.82, 2.24) is 9.97 Å². The smallest absolute Gasteiger partial charge is 0.252 e. The minimum atomic E-state index is -0.163. The number of halogens is 1. The van der Waals surface area contributed by atoms with E-state index in [0.717, 1.165) is 11.4 Å². The van der Waals surface area contributed by atoms with E-state index in [9.17, 15) is 4.79 Å². The van der Waals surface area contributed by atoms with Crippen molar-refractivity contribution in [3.05, 3.63) is 51.4 Å². The van der Waals surface area contributed by atoms with E-state index in [2.05, 4.69) is 29.1 Å². The van der Waals surface area contributed by atoms with Crippen LogP contribution in [-0.4, -0.2) is 15.2 Å². The van der Waals surface area contributed by atoms with Gasteiger partial charge in [0, 0.05) is 22.5 Å². The Hall–Kier alpha value is -1.46. The molecule has 1 heterocycles. The topological polar surface area (TPSA) is 57.8 Å². The predicted molar refractivity (Wildman–Crippen MR) is 86.0 cm³/mol. The van der Waals surface area contributed by atoms with Crippen molar-refractivity contribution in [3.8, 4) is 0 Å². The second-order valence-electron chi connectivity index (χ2n) is 4.58. The van der Waals surface area contributed by atoms with E-state index in [4.69, 9.17) is 11.6 Å². The van der Waals surface area contributed by atoms with E-state index in [1.165, 1.54) is 6.07 Å². The van der Waals surface area contributed by atoms with Crippen molar-refractivity contribution < 1.29 is 0 Å². The number of aromatic amines is 1. The van der Waals surface area contributed by atoms with Gasteiger partial charge in [-0.15, -0.1) is 0 Å². The highest BCUT2D eigenvalue weighted by Crippen LogP contribution is 2.19. The van der Waals surface area contributed by atoms with E-state index in [1.807, 2.05) is 12.1 Å². The van der Waals surface area contributed by atoms with E-state index in [-0.39, 0.29) is 5.56 Å². The number of hydrogen-bond donors (Lipinski definition) is 2. The number of nitrogens with one attached hydrogen (secondary N) is 2. The highest BCUT2D eigenvalue weighted by atomic mass is 35.5. The molecule has 0 saturated carbocycles. The van der Waals surface area contributed by atoms with Gasteiger partial charge in [-0.1, -0.05) is 31.5 Å². The first-order valence-corrected chi connectivity index (χ1v) is 7.70. The van der Waals surface area contributed by atoms with Crippen molar-refractivity contribution in [2.45, 2.75) is 24.9 Å². The molecule has 0 saturated heterocycles. The molecule has 6 heteroatoms. The first-order valence-electron chi connectivity index (χ1n) is 6.27. The van der Waals surface area contributed by atoms with Gasteiger partial charge >= 0.3 is 0 Å². The van der Waals surface area contributed by atoms with Gasteiger partial charge in [-0.3, -0.25) is 9.78 Å². The molecular formula is C14H16ClN3OS. The van der Waals surface area contributed by atoms with Crippen molar-refractivity contribution in [2.75, 3.05) is 5.32 Å². The number of aromatic nitrogens is 2. The normalized spacial score (nSPS) is 10.8. The molecule has 106 valence electrons. The third-order valence-corrected chi connectivity index (χ3v) is 3.81. The lowest BCUT2D eigenvalue weighted by atomic mass is 10.3. The maximum absolute atomic E-state index is 11.6. The summed E-state index contributed by atoms with van der Waals surface area (Å²) in [5, 5.41) is 4.18. The first kappa shape index (κ1) is 14.9. The molecule has 0 spiro atoms. The fourth-order valence-electron chi connectivity index (χ4n) is 1.60. The monoisotopic (exact) mass is 309 g/mol. The number of rotatable bonds is 5. The van der Waals surface area contributed by atoms with Gasteiger partial charge < -0.3 is 5.32 Å². The largest absolute Gasteiger partial charge is 0.326 e. The molecule has 0 aliphatic carbocycles. The molecule has 0 atom stereocenters. The first-order chi connectivity index (χ1) is 9.52. The van der Waals surface area contributed by atoms with Gasteiger partial charge in [0.2, 0.25) is 5.95 Å². The lowest BCUT2D eigenvalue weighted by Crippen LogP contribution is -2.12. The van der Waals surface area contributed by atoms with Gasteiger partial charge in [0.15, 0.2) is 0 Å². The maximum atomic E-state index is 11.6. The van der Waals surface area contributed by atoms with Gasteiger partial charge in [-0.25, -0.2) is 4.98 Å². The van der Waals surface area contributed by atoms with Gasteiger partial charge in [-0.2, -0.15) is 11.8 Å². The molecule has 2 aromatic rings. The molecule has 1 aromatic carbocycles. The average molecular weight is 310 g/mol. The van der Waals surface area contributed by atoms with Crippen LogP contribution in [0.1, 0.15) is 19.5 Å². The zero-order chi connectivity index (χ0) is 14.5. The van der Waals surface area contributed by atoms with Crippen molar-refractivity contribution in [1.29, 1.82) is 0 Å². The minimum Gasteiger partial charge on any atom is -0.326 e. The molecule has 0 aliphatic heterocycles. The molecular weight excluding hydrogens is 294 g/mol. The quantitative estimate of drug-likeness (QED) is 0.882. The van der Waals surface area contributed by atoms with Crippen LogP contribution in [0, 0.1) is 0 Å². The summed E-state index contributed by atoms with van der Waals surface area (Å²) in [6.07, 6.45) is 0. The molecule has 4 nitrogen and oxygen atoms in total. The Balaban J connectivity index is 2.17. The van der Waals surface area contributed by atoms with Crippen LogP contribution < -0.4 is 10.9 Å². The van der Waals surface area contributed by atoms with Crippen LogP contribution in [0.15, 0.2) is 35.1 Å². The predicted octanol–water partition coefficient (Wildman–Crippen LogP) is 3.81. The van der Waals surface area contributed by atoms with E-state index in [0.29, 0.717) is 22.0 Å². The van der Waals surface area contributed by atoms with E-state index in [1.54, 1.807) is 23.9 Å². The highest BCUT2D eigenvalue weighted by Gasteiger charge is 2.04. The summed E-state index contributed by atoms with van der Waals surface area (Å²) in [6, 6.07) is 8.79. The zero-order valence-corrected chi connectivity index (χ0v) is 12.9. The third-order valence-electron chi connectivity index (χ3n) is 2.45. The molecule has 2 N–H and O–H groups in total. The summed E-state index contributed by atoms with van der Waals surface area (Å²) in [7, 11) is 0. The summed E-state index contributed by atoms with van der Waals surface area (Å²) < 4.78 is 0. The number of nitrogens with zero attached hydrogens (tertiary/aromatic N) is 1. The number of hydrogen-bond acceptors (Lipinski definition) is 4. The fraction of sp³-hybridized carbons (Fsp3) is 0.286. The Bertz CT molecular complexity index is 642. The Labute approximate surface area is 127 Å². The molecule has 20 heavy (non-hydrogen) atoms. The molecule has 2 rings (SSSR count). The number of anilines is 2. The number of thioether (sulfide) groups is 1. The molecule has 0 bridgehead atoms. The lowest BCUT2D eigenvalue weighted by molar-refractivity contribution is 1.05. The van der Waals surface area contributed by atoms with Gasteiger partial charge in [0.05, 0.1) is 5.69 Å². The summed E-state index contributed by atoms with van der Waals surface area (Å²) in [4.78, 5) is 18.7. The van der Waals surface area contributed by atoms with Gasteiger partial charge in [-0.05, 0) is 23.4 Å². The third kappa shape index (κ3) is 4.58. The molecule has 0 fully saturated rings. The van der Waals surface area contributed by atoms with Crippen LogP contribution in [0.5, 0.6) is 0 Å². The summed E-state index contributed by atoms with van der Waals surface area (Å²) in [5.41, 5.74) is 1.38. The van der Waals surface area contributed by atoms with Crippen molar-refractivity contribution in [2.24, 2.45) is 0 Å². The van der Waals surface area contributed by atoms with Crippen LogP contribution in [0.25, 0.3) is 0 Å². The van der Waals surface area contributed by atoms with Crippen molar-refractivity contribution in [3.63, 3.8) is 0 Å². The molecule has 1 aromatic heterocycles. The second kappa shape index (κ2) is 6.81. The SMILES string of the molecule is CC(C)SCc1cc(=O)[nH]c(Nc2cccc(Cl)c2)n1. The Morgan fingerprint density at radius 1 is 1.40 bits per heavy atom. The number of benzene rings is 1. The van der Waals surface area contributed by atoms with Crippen LogP contribution in [0.4, 0.5) is 11.6 Å². The maximum Gasteiger partial charge on any atom is 0.252 e. The second-order valence-corrected chi connectivity index (χ2v) is 6.58. The fourth-order valence-corrected chi connectivity index (χ4v) is 2.44. The standard InChI is InChI=1S/C14H16ClN3OS/c1-9(2)20-8-12-7-13(19)18-14(17-12)16-11-5-3-4-10(15)6-11/h3-7,9H,8H2,1-2H3,(H2,16,17,18,19). The van der Waals surface area contributed by atoms with Gasteiger partial charge in [0.1, 0.15) is 0 Å². The summed E-state index contributed by atoms with van der Waals surface area (Å²) in [6.45, 7) is 4.23. The summed E-state index contributed by atoms with van der Waals surface area (Å²) in [5.74, 6) is 1.14. The lowest BCUT2D eigenvalue weighted by Gasteiger charge is -2.08. The Morgan fingerprint density at radius 2 is 2.20 bits per heavy atom. The molecule has 0 amide bonds. The van der Waals surface area contributed by atoms with Crippen molar-refractivity contribution >= 4 is 35.0 Å². The number of H-pyrrole nitrogens is 1. The van der Waals surface area contributed by atoms with Crippen LogP contribution >= 0.6 is 23.4 Å². The van der Waals surface area contributed by atoms with E-state index >= 15 is 0 Å². The van der Waals surface area contributed by atoms with Crippen LogP contribution in [0.3, 0.4) is 0 Å². The van der Waals surface area contributed by atoms with Crippen LogP contribution in [0.2, 0.25) is 5.02 Å². The minimum absolute atomic E-state index is 0.163. The van der Waals surface area contributed by atoms with Gasteiger partial charge in [0.25, 0.3) is 5.56 Å². The van der Waals surface area contributed by atoms with E-state index < -0.39 is 0 Å². The average Bonchev–Trinajstić information content (AvgIpc) is 2.35. The molecule has 0 unspecified atom stereocenters. The molecule has 0 radical (unpaired) electrons. The van der Waals surface area contributed by atoms with Crippen LogP contribution in [-0.2, 0) is 5.75 Å².